The Morgan fingerprint density at radius 1 is 1.39 bits per heavy atom. The molecule has 2 aromatic heterocycles. The van der Waals surface area contributed by atoms with Crippen LogP contribution in [0.2, 0.25) is 0 Å². The van der Waals surface area contributed by atoms with Gasteiger partial charge in [-0.25, -0.2) is 9.97 Å². The fourth-order valence-electron chi connectivity index (χ4n) is 1.57. The van der Waals surface area contributed by atoms with Crippen molar-refractivity contribution in [3.05, 3.63) is 21.0 Å². The van der Waals surface area contributed by atoms with Crippen LogP contribution in [-0.2, 0) is 17.2 Å². The summed E-state index contributed by atoms with van der Waals surface area (Å²) in [5.41, 5.74) is -6.51. The monoisotopic (exact) mass is 433 g/mol. The van der Waals surface area contributed by atoms with Gasteiger partial charge in [0.2, 0.25) is 0 Å². The Labute approximate surface area is 140 Å². The van der Waals surface area contributed by atoms with Gasteiger partial charge >= 0.3 is 15.6 Å². The van der Waals surface area contributed by atoms with Gasteiger partial charge in [-0.05, 0) is 22.2 Å². The van der Waals surface area contributed by atoms with Crippen LogP contribution in [-0.4, -0.2) is 34.7 Å². The van der Waals surface area contributed by atoms with E-state index in [0.717, 1.165) is 22.5 Å². The number of pyridine rings is 1. The molecule has 0 fully saturated rings. The Morgan fingerprint density at radius 2 is 2.00 bits per heavy atom. The summed E-state index contributed by atoms with van der Waals surface area (Å²) in [6.45, 7) is 0. The number of thioether (sulfide) groups is 1. The third-order valence-electron chi connectivity index (χ3n) is 2.66. The first-order valence-electron chi connectivity index (χ1n) is 5.59. The van der Waals surface area contributed by atoms with E-state index in [1.165, 1.54) is 7.05 Å². The molecule has 0 bridgehead atoms. The first-order valence-corrected chi connectivity index (χ1v) is 9.02. The molecule has 126 valence electrons. The summed E-state index contributed by atoms with van der Waals surface area (Å²) in [6.07, 6.45) is 2.74. The third-order valence-corrected chi connectivity index (χ3v) is 4.87. The average Bonchev–Trinajstić information content (AvgIpc) is 2.47. The van der Waals surface area contributed by atoms with Crippen molar-refractivity contribution in [2.75, 3.05) is 6.26 Å². The lowest BCUT2D eigenvalue weighted by Crippen LogP contribution is -2.29. The Bertz CT molecular complexity index is 943. The van der Waals surface area contributed by atoms with Crippen LogP contribution in [0.3, 0.4) is 0 Å². The van der Waals surface area contributed by atoms with Gasteiger partial charge in [0.1, 0.15) is 4.47 Å². The molecule has 0 N–H and O–H groups in total. The lowest BCUT2D eigenvalue weighted by atomic mass is 10.3. The van der Waals surface area contributed by atoms with Crippen LogP contribution in [0, 0.1) is 0 Å². The third kappa shape index (κ3) is 3.17. The number of fused-ring (bicyclic) bond motifs is 1. The van der Waals surface area contributed by atoms with E-state index >= 15 is 0 Å². The summed E-state index contributed by atoms with van der Waals surface area (Å²) >= 11 is 3.89. The van der Waals surface area contributed by atoms with Crippen LogP contribution in [0.25, 0.3) is 11.0 Å². The number of rotatable bonds is 3. The molecule has 2 aromatic rings. The lowest BCUT2D eigenvalue weighted by Gasteiger charge is -2.14. The molecular formula is C10H7BrF3N3O4S2. The van der Waals surface area contributed by atoms with Gasteiger partial charge < -0.3 is 4.18 Å². The van der Waals surface area contributed by atoms with Crippen LogP contribution < -0.4 is 9.74 Å². The molecular weight excluding hydrogens is 427 g/mol. The molecule has 0 atom stereocenters. The van der Waals surface area contributed by atoms with Gasteiger partial charge in [-0.1, -0.05) is 11.8 Å². The van der Waals surface area contributed by atoms with Crippen LogP contribution in [0.15, 0.2) is 20.6 Å². The first-order chi connectivity index (χ1) is 10.5. The Hall–Kier alpha value is -1.34. The average molecular weight is 434 g/mol. The van der Waals surface area contributed by atoms with Crippen molar-refractivity contribution >= 4 is 48.8 Å². The van der Waals surface area contributed by atoms with Crippen molar-refractivity contribution in [1.82, 2.24) is 14.5 Å². The maximum atomic E-state index is 12.5. The molecule has 23 heavy (non-hydrogen) atoms. The molecule has 0 saturated heterocycles. The van der Waals surface area contributed by atoms with E-state index in [4.69, 9.17) is 0 Å². The first kappa shape index (κ1) is 18.0. The van der Waals surface area contributed by atoms with Gasteiger partial charge in [0, 0.05) is 13.2 Å². The number of nitrogens with zero attached hydrogens (tertiary/aromatic N) is 3. The van der Waals surface area contributed by atoms with Crippen molar-refractivity contribution in [2.45, 2.75) is 10.7 Å². The van der Waals surface area contributed by atoms with Gasteiger partial charge in [0.15, 0.2) is 16.6 Å². The highest BCUT2D eigenvalue weighted by Crippen LogP contribution is 2.35. The van der Waals surface area contributed by atoms with Gasteiger partial charge in [0.05, 0.1) is 5.39 Å². The van der Waals surface area contributed by atoms with Crippen molar-refractivity contribution in [3.63, 3.8) is 0 Å². The predicted octanol–water partition coefficient (Wildman–Crippen LogP) is 2.04. The molecule has 0 aliphatic rings. The summed E-state index contributed by atoms with van der Waals surface area (Å²) in [7, 11) is -4.62. The molecule has 0 radical (unpaired) electrons. The summed E-state index contributed by atoms with van der Waals surface area (Å²) in [6, 6.07) is 0. The minimum Gasteiger partial charge on any atom is -0.374 e. The van der Waals surface area contributed by atoms with Crippen molar-refractivity contribution < 1.29 is 25.8 Å². The van der Waals surface area contributed by atoms with E-state index in [0.29, 0.717) is 0 Å². The topological polar surface area (TPSA) is 91.1 Å². The summed E-state index contributed by atoms with van der Waals surface area (Å²) in [4.78, 5) is 19.9. The maximum Gasteiger partial charge on any atom is 0.534 e. The van der Waals surface area contributed by atoms with E-state index in [1.807, 2.05) is 0 Å². The largest absolute Gasteiger partial charge is 0.534 e. The molecule has 0 aliphatic heterocycles. The molecule has 2 rings (SSSR count). The fraction of sp³-hybridized carbons (Fsp3) is 0.300. The fourth-order valence-corrected chi connectivity index (χ4v) is 3.06. The molecule has 0 spiro atoms. The Balaban J connectivity index is 2.81. The molecule has 0 amide bonds. The number of hydrogen-bond donors (Lipinski definition) is 0. The molecule has 13 heteroatoms. The van der Waals surface area contributed by atoms with E-state index in [2.05, 4.69) is 30.1 Å². The van der Waals surface area contributed by atoms with Gasteiger partial charge in [0.25, 0.3) is 5.56 Å². The zero-order valence-electron chi connectivity index (χ0n) is 11.4. The predicted molar refractivity (Wildman–Crippen MR) is 79.9 cm³/mol. The zero-order chi connectivity index (χ0) is 17.6. The highest BCUT2D eigenvalue weighted by Gasteiger charge is 2.49. The SMILES string of the molecule is CSc1ncc2c(OS(=O)(=O)C(F)(F)F)c(Br)c(=O)n(C)c2n1. The summed E-state index contributed by atoms with van der Waals surface area (Å²) in [5, 5.41) is 0.0871. The van der Waals surface area contributed by atoms with Crippen LogP contribution in [0.5, 0.6) is 5.75 Å². The summed E-state index contributed by atoms with van der Waals surface area (Å²) < 4.78 is 64.6. The Morgan fingerprint density at radius 3 is 2.52 bits per heavy atom. The highest BCUT2D eigenvalue weighted by atomic mass is 79.9. The smallest absolute Gasteiger partial charge is 0.374 e. The molecule has 0 aromatic carbocycles. The summed E-state index contributed by atoms with van der Waals surface area (Å²) in [5.74, 6) is -0.812. The number of halogens is 4. The standard InChI is InChI=1S/C10H7BrF3N3O4S2/c1-17-7-4(3-15-9(16-7)22-2)6(5(11)8(17)18)21-23(19,20)10(12,13)14/h3H,1-2H3. The Kier molecular flexibility index (Phi) is 4.65. The molecule has 7 nitrogen and oxygen atoms in total. The van der Waals surface area contributed by atoms with Crippen LogP contribution in [0.4, 0.5) is 13.2 Å². The molecule has 0 aliphatic carbocycles. The number of aryl methyl sites for hydroxylation is 1. The minimum atomic E-state index is -5.95. The minimum absolute atomic E-state index is 0.0649. The van der Waals surface area contributed by atoms with Crippen molar-refractivity contribution in [2.24, 2.45) is 7.05 Å². The van der Waals surface area contributed by atoms with Crippen molar-refractivity contribution in [3.8, 4) is 5.75 Å². The van der Waals surface area contributed by atoms with Crippen LogP contribution >= 0.6 is 27.7 Å². The van der Waals surface area contributed by atoms with E-state index in [9.17, 15) is 26.4 Å². The normalized spacial score (nSPS) is 12.6. The highest BCUT2D eigenvalue weighted by molar-refractivity contribution is 9.10. The quantitative estimate of drug-likeness (QED) is 0.316. The number of aromatic nitrogens is 3. The molecule has 0 unspecified atom stereocenters. The number of alkyl halides is 3. The second-order valence-electron chi connectivity index (χ2n) is 4.08. The second-order valence-corrected chi connectivity index (χ2v) is 7.19. The van der Waals surface area contributed by atoms with E-state index in [-0.39, 0.29) is 16.2 Å². The second kappa shape index (κ2) is 5.94. The zero-order valence-corrected chi connectivity index (χ0v) is 14.6. The van der Waals surface area contributed by atoms with Gasteiger partial charge in [-0.3, -0.25) is 9.36 Å². The lowest BCUT2D eigenvalue weighted by molar-refractivity contribution is -0.0499. The maximum absolute atomic E-state index is 12.5. The number of hydrogen-bond acceptors (Lipinski definition) is 7. The van der Waals surface area contributed by atoms with E-state index in [1.54, 1.807) is 6.26 Å². The van der Waals surface area contributed by atoms with Crippen molar-refractivity contribution in [1.29, 1.82) is 0 Å². The van der Waals surface area contributed by atoms with E-state index < -0.39 is 31.4 Å². The van der Waals surface area contributed by atoms with Gasteiger partial charge in [-0.15, -0.1) is 0 Å². The van der Waals surface area contributed by atoms with Crippen LogP contribution in [0.1, 0.15) is 0 Å². The molecule has 2 heterocycles. The molecule has 0 saturated carbocycles. The van der Waals surface area contributed by atoms with Gasteiger partial charge in [-0.2, -0.15) is 21.6 Å².